The van der Waals surface area contributed by atoms with Gasteiger partial charge in [-0.1, -0.05) is 52.5 Å². The summed E-state index contributed by atoms with van der Waals surface area (Å²) in [5.41, 5.74) is 1.74. The van der Waals surface area contributed by atoms with E-state index in [2.05, 4.69) is 24.6 Å². The maximum absolute atomic E-state index is 14.5. The molecular formula is C26H19ClFN5O4S2. The molecule has 0 bridgehead atoms. The minimum absolute atomic E-state index is 0.0780. The first-order valence-electron chi connectivity index (χ1n) is 11.4. The molecule has 9 nitrogen and oxygen atoms in total. The molecule has 0 spiro atoms. The van der Waals surface area contributed by atoms with Crippen LogP contribution in [0.3, 0.4) is 0 Å². The van der Waals surface area contributed by atoms with E-state index in [-0.39, 0.29) is 29.6 Å². The van der Waals surface area contributed by atoms with Gasteiger partial charge in [0.15, 0.2) is 0 Å². The number of hydrogen-bond acceptors (Lipinski definition) is 7. The second kappa shape index (κ2) is 11.0. The predicted molar refractivity (Wildman–Crippen MR) is 147 cm³/mol. The predicted octanol–water partition coefficient (Wildman–Crippen LogP) is 4.25. The van der Waals surface area contributed by atoms with Gasteiger partial charge in [0.1, 0.15) is 22.0 Å². The van der Waals surface area contributed by atoms with E-state index < -0.39 is 32.1 Å². The Morgan fingerprint density at radius 3 is 2.41 bits per heavy atom. The zero-order valence-electron chi connectivity index (χ0n) is 19.9. The monoisotopic (exact) mass is 583 g/mol. The minimum atomic E-state index is -4.25. The number of hydrogen-bond donors (Lipinski definition) is 3. The van der Waals surface area contributed by atoms with Gasteiger partial charge >= 0.3 is 0 Å². The van der Waals surface area contributed by atoms with Gasteiger partial charge in [0.05, 0.1) is 10.9 Å². The summed E-state index contributed by atoms with van der Waals surface area (Å²) in [6.45, 7) is 0.0488. The van der Waals surface area contributed by atoms with Gasteiger partial charge in [-0.3, -0.25) is 9.59 Å². The van der Waals surface area contributed by atoms with Gasteiger partial charge in [0.2, 0.25) is 15.5 Å². The number of aromatic amines is 1. The summed E-state index contributed by atoms with van der Waals surface area (Å²) in [7, 11) is -4.25. The van der Waals surface area contributed by atoms with Crippen LogP contribution in [0.1, 0.15) is 21.5 Å². The number of H-pyrrole nitrogens is 1. The van der Waals surface area contributed by atoms with E-state index in [1.165, 1.54) is 11.5 Å². The van der Waals surface area contributed by atoms with Crippen LogP contribution in [0.25, 0.3) is 22.2 Å². The highest BCUT2D eigenvalue weighted by atomic mass is 35.5. The van der Waals surface area contributed by atoms with Crippen LogP contribution >= 0.6 is 23.1 Å². The Bertz CT molecular complexity index is 1830. The van der Waals surface area contributed by atoms with Crippen molar-refractivity contribution in [2.24, 2.45) is 0 Å². The van der Waals surface area contributed by atoms with Gasteiger partial charge in [0, 0.05) is 35.3 Å². The molecule has 13 heteroatoms. The first kappa shape index (κ1) is 26.6. The summed E-state index contributed by atoms with van der Waals surface area (Å²) < 4.78 is 47.0. The Morgan fingerprint density at radius 2 is 1.72 bits per heavy atom. The van der Waals surface area contributed by atoms with Gasteiger partial charge in [-0.2, -0.15) is 0 Å². The summed E-state index contributed by atoms with van der Waals surface area (Å²) in [4.78, 5) is 28.0. The van der Waals surface area contributed by atoms with Crippen molar-refractivity contribution in [3.8, 4) is 11.3 Å². The van der Waals surface area contributed by atoms with Crippen molar-refractivity contribution in [3.63, 3.8) is 0 Å². The Balaban J connectivity index is 1.37. The normalized spacial score (nSPS) is 11.5. The number of carbonyl (C=O) groups is 1. The van der Waals surface area contributed by atoms with Crippen LogP contribution < -0.4 is 15.5 Å². The van der Waals surface area contributed by atoms with E-state index in [9.17, 15) is 22.4 Å². The molecule has 5 aromatic rings. The number of carbonyl (C=O) groups excluding carboxylic acids is 1. The fraction of sp³-hybridized carbons (Fsp3) is 0.0769. The molecule has 2 aromatic heterocycles. The van der Waals surface area contributed by atoms with Gasteiger partial charge in [-0.15, -0.1) is 5.10 Å². The lowest BCUT2D eigenvalue weighted by atomic mass is 10.1. The number of aromatic nitrogens is 3. The third kappa shape index (κ3) is 5.88. The molecule has 0 saturated heterocycles. The number of rotatable bonds is 8. The second-order valence-electron chi connectivity index (χ2n) is 8.48. The summed E-state index contributed by atoms with van der Waals surface area (Å²) in [6, 6.07) is 15.5. The quantitative estimate of drug-likeness (QED) is 0.250. The number of pyridine rings is 1. The maximum Gasteiger partial charge on any atom is 0.257 e. The fourth-order valence-corrected chi connectivity index (χ4v) is 5.67. The van der Waals surface area contributed by atoms with Crippen LogP contribution in [0.5, 0.6) is 0 Å². The summed E-state index contributed by atoms with van der Waals surface area (Å²) in [5.74, 6) is -1.63. The lowest BCUT2D eigenvalue weighted by Gasteiger charge is -2.11. The molecule has 1 amide bonds. The molecular weight excluding hydrogens is 565 g/mol. The molecule has 0 radical (unpaired) electrons. The van der Waals surface area contributed by atoms with Crippen LogP contribution in [-0.2, 0) is 23.1 Å². The van der Waals surface area contributed by atoms with Gasteiger partial charge in [0.25, 0.3) is 5.91 Å². The molecule has 3 N–H and O–H groups in total. The van der Waals surface area contributed by atoms with E-state index in [0.29, 0.717) is 16.3 Å². The molecule has 39 heavy (non-hydrogen) atoms. The highest BCUT2D eigenvalue weighted by Crippen LogP contribution is 2.23. The molecule has 3 aromatic carbocycles. The average Bonchev–Trinajstić information content (AvgIpc) is 3.47. The largest absolute Gasteiger partial charge is 0.359 e. The summed E-state index contributed by atoms with van der Waals surface area (Å²) in [6.07, 6.45) is 1.12. The van der Waals surface area contributed by atoms with E-state index in [1.807, 2.05) is 0 Å². The molecule has 0 aliphatic rings. The highest BCUT2D eigenvalue weighted by Gasteiger charge is 2.22. The first-order valence-corrected chi connectivity index (χ1v) is 14.1. The van der Waals surface area contributed by atoms with E-state index in [0.717, 1.165) is 29.5 Å². The van der Waals surface area contributed by atoms with Crippen LogP contribution in [0.4, 0.5) is 4.39 Å². The third-order valence-corrected chi connectivity index (χ3v) is 8.08. The Hall–Kier alpha value is -3.97. The number of sulfonamides is 1. The molecule has 0 fully saturated rings. The number of fused-ring (bicyclic) bond motifs is 1. The number of halogens is 2. The van der Waals surface area contributed by atoms with E-state index in [1.54, 1.807) is 53.9 Å². The van der Waals surface area contributed by atoms with Gasteiger partial charge < -0.3 is 10.3 Å². The number of nitrogens with zero attached hydrogens (tertiary/aromatic N) is 2. The van der Waals surface area contributed by atoms with Crippen molar-refractivity contribution in [1.82, 2.24) is 24.6 Å². The molecule has 0 atom stereocenters. The molecule has 2 heterocycles. The lowest BCUT2D eigenvalue weighted by molar-refractivity contribution is 0.0949. The van der Waals surface area contributed by atoms with Crippen LogP contribution in [0, 0.1) is 5.82 Å². The molecule has 0 aliphatic carbocycles. The van der Waals surface area contributed by atoms with Crippen molar-refractivity contribution >= 4 is 50.0 Å². The Labute approximate surface area is 230 Å². The highest BCUT2D eigenvalue weighted by molar-refractivity contribution is 7.89. The molecule has 0 saturated carbocycles. The molecule has 5 rings (SSSR count). The number of nitrogens with one attached hydrogen (secondary N) is 3. The second-order valence-corrected chi connectivity index (χ2v) is 11.3. The third-order valence-electron chi connectivity index (χ3n) is 5.89. The standard InChI is InChI=1S/C26H19ClFN5O4S2/c27-18-7-3-15(4-8-18)11-30-26(35)21-13-29-24-20(25(21)34)9-19(28)10-23(24)39(36,37)31-12-16-1-5-17(6-2-16)22-14-38-33-32-22/h1-10,13-14,31H,11-12H2,(H,29,34)(H,30,35). The minimum Gasteiger partial charge on any atom is -0.359 e. The van der Waals surface area contributed by atoms with E-state index in [4.69, 9.17) is 11.6 Å². The van der Waals surface area contributed by atoms with Crippen molar-refractivity contribution in [1.29, 1.82) is 0 Å². The van der Waals surface area contributed by atoms with Crippen molar-refractivity contribution in [2.45, 2.75) is 18.0 Å². The smallest absolute Gasteiger partial charge is 0.257 e. The Kier molecular flexibility index (Phi) is 7.53. The molecule has 198 valence electrons. The number of amides is 1. The van der Waals surface area contributed by atoms with Crippen LogP contribution in [0.2, 0.25) is 5.02 Å². The van der Waals surface area contributed by atoms with Crippen molar-refractivity contribution in [3.05, 3.63) is 110 Å². The van der Waals surface area contributed by atoms with Crippen molar-refractivity contribution in [2.75, 3.05) is 0 Å². The Morgan fingerprint density at radius 1 is 1.03 bits per heavy atom. The zero-order chi connectivity index (χ0) is 27.6. The maximum atomic E-state index is 14.5. The summed E-state index contributed by atoms with van der Waals surface area (Å²) in [5, 5.41) is 8.68. The van der Waals surface area contributed by atoms with E-state index >= 15 is 0 Å². The topological polar surface area (TPSA) is 134 Å². The van der Waals surface area contributed by atoms with Gasteiger partial charge in [-0.05, 0) is 46.9 Å². The zero-order valence-corrected chi connectivity index (χ0v) is 22.3. The lowest BCUT2D eigenvalue weighted by Crippen LogP contribution is -2.29. The van der Waals surface area contributed by atoms with Crippen LogP contribution in [0.15, 0.2) is 81.9 Å². The molecule has 0 unspecified atom stereocenters. The number of benzene rings is 3. The summed E-state index contributed by atoms with van der Waals surface area (Å²) >= 11 is 7.09. The van der Waals surface area contributed by atoms with Crippen LogP contribution in [-0.4, -0.2) is 28.9 Å². The molecule has 0 aliphatic heterocycles. The first-order chi connectivity index (χ1) is 18.7. The average molecular weight is 584 g/mol. The SMILES string of the molecule is O=C(NCc1ccc(Cl)cc1)c1c[nH]c2c(S(=O)(=O)NCc3ccc(-c4csnn4)cc3)cc(F)cc2c1=O. The fourth-order valence-electron chi connectivity index (χ4n) is 3.87. The van der Waals surface area contributed by atoms with Crippen molar-refractivity contribution < 1.29 is 17.6 Å². The van der Waals surface area contributed by atoms with Gasteiger partial charge in [-0.25, -0.2) is 17.5 Å².